The summed E-state index contributed by atoms with van der Waals surface area (Å²) in [6.45, 7) is 9.77. The normalized spacial score (nSPS) is 11.5. The topological polar surface area (TPSA) is 93.2 Å². The Balaban J connectivity index is 1.39. The molecule has 8 heteroatoms. The van der Waals surface area contributed by atoms with Crippen LogP contribution in [0.2, 0.25) is 0 Å². The number of nitrogens with two attached hydrogens (primary N) is 1. The van der Waals surface area contributed by atoms with Crippen molar-refractivity contribution in [2.45, 2.75) is 46.5 Å². The van der Waals surface area contributed by atoms with Crippen LogP contribution >= 0.6 is 11.3 Å². The van der Waals surface area contributed by atoms with E-state index in [2.05, 4.69) is 43.0 Å². The second-order valence-corrected chi connectivity index (χ2v) is 9.15. The first-order valence-electron chi connectivity index (χ1n) is 12.3. The van der Waals surface area contributed by atoms with Gasteiger partial charge in [-0.2, -0.15) is 0 Å². The minimum Gasteiger partial charge on any atom is -0.494 e. The molecule has 0 atom stereocenters. The predicted octanol–water partition coefficient (Wildman–Crippen LogP) is 5.94. The van der Waals surface area contributed by atoms with Crippen LogP contribution in [-0.2, 0) is 6.42 Å². The SMILES string of the molecule is CCc1sc(N(CC)CC)nc1-c1ccc(OCCCCCOc2ccc(/C(N)=N/O)cc2)cc1. The fourth-order valence-electron chi connectivity index (χ4n) is 3.68. The molecular formula is C27H36N4O3S. The van der Waals surface area contributed by atoms with Crippen molar-refractivity contribution in [3.63, 3.8) is 0 Å². The van der Waals surface area contributed by atoms with Crippen molar-refractivity contribution in [3.05, 3.63) is 59.0 Å². The summed E-state index contributed by atoms with van der Waals surface area (Å²) in [5.74, 6) is 1.74. The highest BCUT2D eigenvalue weighted by Crippen LogP contribution is 2.34. The number of nitrogens with zero attached hydrogens (tertiary/aromatic N) is 3. The van der Waals surface area contributed by atoms with Crippen molar-refractivity contribution >= 4 is 22.3 Å². The zero-order chi connectivity index (χ0) is 25.0. The molecule has 188 valence electrons. The van der Waals surface area contributed by atoms with E-state index in [4.69, 9.17) is 25.4 Å². The van der Waals surface area contributed by atoms with Crippen molar-refractivity contribution in [1.82, 2.24) is 4.98 Å². The number of aromatic nitrogens is 1. The van der Waals surface area contributed by atoms with E-state index in [9.17, 15) is 0 Å². The predicted molar refractivity (Wildman–Crippen MR) is 144 cm³/mol. The summed E-state index contributed by atoms with van der Waals surface area (Å²) in [5, 5.41) is 12.8. The molecule has 2 aromatic carbocycles. The molecule has 0 spiro atoms. The van der Waals surface area contributed by atoms with Gasteiger partial charge < -0.3 is 25.3 Å². The molecule has 3 aromatic rings. The van der Waals surface area contributed by atoms with Gasteiger partial charge in [0.15, 0.2) is 11.0 Å². The maximum absolute atomic E-state index is 8.70. The lowest BCUT2D eigenvalue weighted by Crippen LogP contribution is -2.21. The number of hydrogen-bond donors (Lipinski definition) is 2. The Kier molecular flexibility index (Phi) is 10.2. The van der Waals surface area contributed by atoms with Gasteiger partial charge in [-0.1, -0.05) is 12.1 Å². The van der Waals surface area contributed by atoms with E-state index in [1.807, 2.05) is 24.3 Å². The van der Waals surface area contributed by atoms with Crippen molar-refractivity contribution in [1.29, 1.82) is 0 Å². The van der Waals surface area contributed by atoms with E-state index < -0.39 is 0 Å². The first-order valence-corrected chi connectivity index (χ1v) is 13.1. The second kappa shape index (κ2) is 13.6. The molecule has 3 rings (SSSR count). The Morgan fingerprint density at radius 1 is 0.914 bits per heavy atom. The molecule has 0 unspecified atom stereocenters. The van der Waals surface area contributed by atoms with E-state index in [1.165, 1.54) is 4.88 Å². The van der Waals surface area contributed by atoms with Crippen molar-refractivity contribution in [3.8, 4) is 22.8 Å². The number of benzene rings is 2. The maximum Gasteiger partial charge on any atom is 0.186 e. The van der Waals surface area contributed by atoms with Crippen LogP contribution in [0.5, 0.6) is 11.5 Å². The lowest BCUT2D eigenvalue weighted by Gasteiger charge is -2.16. The molecule has 0 aliphatic carbocycles. The zero-order valence-electron chi connectivity index (χ0n) is 20.9. The van der Waals surface area contributed by atoms with Crippen LogP contribution < -0.4 is 20.1 Å². The van der Waals surface area contributed by atoms with Gasteiger partial charge in [-0.05, 0) is 88.1 Å². The first kappa shape index (κ1) is 26.3. The number of amidine groups is 1. The second-order valence-electron chi connectivity index (χ2n) is 8.09. The average molecular weight is 497 g/mol. The lowest BCUT2D eigenvalue weighted by molar-refractivity contribution is 0.279. The minimum atomic E-state index is 0.0875. The molecule has 35 heavy (non-hydrogen) atoms. The fourth-order valence-corrected chi connectivity index (χ4v) is 4.83. The lowest BCUT2D eigenvalue weighted by atomic mass is 10.1. The highest BCUT2D eigenvalue weighted by molar-refractivity contribution is 7.16. The third kappa shape index (κ3) is 7.36. The molecule has 0 saturated carbocycles. The molecule has 0 aliphatic heterocycles. The minimum absolute atomic E-state index is 0.0875. The molecule has 0 fully saturated rings. The summed E-state index contributed by atoms with van der Waals surface area (Å²) in [6, 6.07) is 15.5. The fraction of sp³-hybridized carbons (Fsp3) is 0.407. The van der Waals surface area contributed by atoms with E-state index in [1.54, 1.807) is 23.5 Å². The average Bonchev–Trinajstić information content (AvgIpc) is 3.33. The van der Waals surface area contributed by atoms with Crippen LogP contribution in [0.1, 0.15) is 50.5 Å². The Morgan fingerprint density at radius 3 is 2.00 bits per heavy atom. The highest BCUT2D eigenvalue weighted by atomic mass is 32.1. The molecule has 3 N–H and O–H groups in total. The summed E-state index contributed by atoms with van der Waals surface area (Å²) in [5.41, 5.74) is 8.45. The molecule has 0 radical (unpaired) electrons. The number of hydrogen-bond acceptors (Lipinski definition) is 7. The van der Waals surface area contributed by atoms with Gasteiger partial charge in [-0.3, -0.25) is 0 Å². The van der Waals surface area contributed by atoms with E-state index in [0.29, 0.717) is 18.8 Å². The van der Waals surface area contributed by atoms with Gasteiger partial charge in [0.2, 0.25) is 0 Å². The first-order chi connectivity index (χ1) is 17.1. The van der Waals surface area contributed by atoms with Gasteiger partial charge in [-0.25, -0.2) is 4.98 Å². The van der Waals surface area contributed by atoms with Gasteiger partial charge >= 0.3 is 0 Å². The molecule has 7 nitrogen and oxygen atoms in total. The van der Waals surface area contributed by atoms with Gasteiger partial charge in [-0.15, -0.1) is 11.3 Å². The van der Waals surface area contributed by atoms with Crippen LogP contribution in [0.4, 0.5) is 5.13 Å². The van der Waals surface area contributed by atoms with Crippen LogP contribution in [-0.4, -0.2) is 42.3 Å². The molecular weight excluding hydrogens is 460 g/mol. The smallest absolute Gasteiger partial charge is 0.186 e. The Morgan fingerprint density at radius 2 is 1.49 bits per heavy atom. The van der Waals surface area contributed by atoms with Gasteiger partial charge in [0, 0.05) is 29.1 Å². The summed E-state index contributed by atoms with van der Waals surface area (Å²) in [4.78, 5) is 8.56. The molecule has 0 amide bonds. The molecule has 1 heterocycles. The number of oxime groups is 1. The van der Waals surface area contributed by atoms with Crippen LogP contribution in [0, 0.1) is 0 Å². The van der Waals surface area contributed by atoms with Crippen molar-refractivity contribution in [2.75, 3.05) is 31.2 Å². The number of aryl methyl sites for hydroxylation is 1. The molecule has 0 aliphatic rings. The summed E-state index contributed by atoms with van der Waals surface area (Å²) >= 11 is 1.79. The quantitative estimate of drug-likeness (QED) is 0.0943. The molecule has 0 saturated heterocycles. The van der Waals surface area contributed by atoms with E-state index in [0.717, 1.165) is 66.7 Å². The van der Waals surface area contributed by atoms with E-state index >= 15 is 0 Å². The third-order valence-electron chi connectivity index (χ3n) is 5.75. The highest BCUT2D eigenvalue weighted by Gasteiger charge is 2.15. The largest absolute Gasteiger partial charge is 0.494 e. The molecule has 1 aromatic heterocycles. The number of thiazole rings is 1. The summed E-state index contributed by atoms with van der Waals surface area (Å²) < 4.78 is 11.7. The Bertz CT molecular complexity index is 1060. The number of rotatable bonds is 14. The number of unbranched alkanes of at least 4 members (excludes halogenated alkanes) is 2. The van der Waals surface area contributed by atoms with Crippen molar-refractivity contribution < 1.29 is 14.7 Å². The van der Waals surface area contributed by atoms with Gasteiger partial charge in [0.25, 0.3) is 0 Å². The summed E-state index contributed by atoms with van der Waals surface area (Å²) in [6.07, 6.45) is 3.91. The van der Waals surface area contributed by atoms with Crippen LogP contribution in [0.3, 0.4) is 0 Å². The zero-order valence-corrected chi connectivity index (χ0v) is 21.7. The monoisotopic (exact) mass is 496 g/mol. The maximum atomic E-state index is 8.70. The Hall–Kier alpha value is -3.26. The van der Waals surface area contributed by atoms with Gasteiger partial charge in [0.1, 0.15) is 11.5 Å². The standard InChI is InChI=1S/C27H36N4O3S/c1-4-24-25(29-27(35-24)31(5-2)6-3)20-10-14-22(15-11-20)33-18-8-7-9-19-34-23-16-12-21(13-17-23)26(28)30-32/h10-17,32H,4-9,18-19H2,1-3H3,(H2,28,30). The summed E-state index contributed by atoms with van der Waals surface area (Å²) in [7, 11) is 0. The van der Waals surface area contributed by atoms with Gasteiger partial charge in [0.05, 0.1) is 18.9 Å². The van der Waals surface area contributed by atoms with E-state index in [-0.39, 0.29) is 5.84 Å². The van der Waals surface area contributed by atoms with Crippen LogP contribution in [0.15, 0.2) is 53.7 Å². The number of ether oxygens (including phenoxy) is 2. The van der Waals surface area contributed by atoms with Crippen LogP contribution in [0.25, 0.3) is 11.3 Å². The number of anilines is 1. The third-order valence-corrected chi connectivity index (χ3v) is 7.01. The molecule has 0 bridgehead atoms. The Labute approximate surface area is 212 Å². The van der Waals surface area contributed by atoms with Crippen molar-refractivity contribution in [2.24, 2.45) is 10.9 Å².